The molecule has 0 amide bonds. The lowest BCUT2D eigenvalue weighted by Gasteiger charge is -2.11. The lowest BCUT2D eigenvalue weighted by molar-refractivity contribution is 0.395. The van der Waals surface area contributed by atoms with Crippen LogP contribution in [0.15, 0.2) is 30.3 Å². The summed E-state index contributed by atoms with van der Waals surface area (Å²) in [5.74, 6) is 1.50. The second-order valence-corrected chi connectivity index (χ2v) is 4.21. The third-order valence-electron chi connectivity index (χ3n) is 3.10. The topological polar surface area (TPSA) is 57.4 Å². The molecule has 0 aliphatic carbocycles. The average Bonchev–Trinajstić information content (AvgIpc) is 2.46. The Kier molecular flexibility index (Phi) is 4.02. The fourth-order valence-electron chi connectivity index (χ4n) is 1.97. The van der Waals surface area contributed by atoms with Crippen LogP contribution in [0.3, 0.4) is 0 Å². The molecule has 0 saturated carbocycles. The van der Waals surface area contributed by atoms with Gasteiger partial charge in [-0.25, -0.2) is 0 Å². The molecule has 0 saturated heterocycles. The third-order valence-corrected chi connectivity index (χ3v) is 3.10. The van der Waals surface area contributed by atoms with E-state index in [2.05, 4.69) is 4.98 Å². The number of rotatable bonds is 4. The predicted molar refractivity (Wildman–Crippen MR) is 75.4 cm³/mol. The molecule has 0 atom stereocenters. The Bertz CT molecular complexity index is 582. The summed E-state index contributed by atoms with van der Waals surface area (Å²) in [6.07, 6.45) is 0. The minimum atomic E-state index is 0.499. The normalized spacial score (nSPS) is 10.3. The van der Waals surface area contributed by atoms with Gasteiger partial charge in [0.05, 0.1) is 19.9 Å². The van der Waals surface area contributed by atoms with E-state index in [9.17, 15) is 0 Å². The first kappa shape index (κ1) is 13.4. The second-order valence-electron chi connectivity index (χ2n) is 4.21. The summed E-state index contributed by atoms with van der Waals surface area (Å²) in [6, 6.07) is 9.65. The number of hydrogen-bond acceptors (Lipinski definition) is 4. The molecule has 2 N–H and O–H groups in total. The second kappa shape index (κ2) is 5.71. The van der Waals surface area contributed by atoms with Crippen LogP contribution in [-0.4, -0.2) is 19.2 Å². The number of nitrogens with zero attached hydrogens (tertiary/aromatic N) is 1. The predicted octanol–water partition coefficient (Wildman–Crippen LogP) is 2.53. The van der Waals surface area contributed by atoms with Crippen molar-refractivity contribution in [3.05, 3.63) is 41.6 Å². The van der Waals surface area contributed by atoms with Gasteiger partial charge in [-0.3, -0.25) is 4.98 Å². The minimum absolute atomic E-state index is 0.499. The molecule has 0 fully saturated rings. The maximum Gasteiger partial charge on any atom is 0.131 e. The molecule has 1 heterocycles. The van der Waals surface area contributed by atoms with Crippen molar-refractivity contribution in [3.8, 4) is 22.8 Å². The van der Waals surface area contributed by atoms with Crippen LogP contribution in [-0.2, 0) is 6.54 Å². The van der Waals surface area contributed by atoms with Crippen LogP contribution in [0.25, 0.3) is 11.3 Å². The summed E-state index contributed by atoms with van der Waals surface area (Å²) in [4.78, 5) is 4.58. The molecule has 0 spiro atoms. The smallest absolute Gasteiger partial charge is 0.131 e. The Labute approximate surface area is 113 Å². The van der Waals surface area contributed by atoms with E-state index in [0.717, 1.165) is 34.0 Å². The van der Waals surface area contributed by atoms with Crippen molar-refractivity contribution >= 4 is 0 Å². The van der Waals surface area contributed by atoms with Crippen molar-refractivity contribution in [2.75, 3.05) is 14.2 Å². The van der Waals surface area contributed by atoms with E-state index in [1.54, 1.807) is 14.2 Å². The van der Waals surface area contributed by atoms with Crippen LogP contribution in [0.1, 0.15) is 11.3 Å². The molecule has 4 nitrogen and oxygen atoms in total. The number of pyridine rings is 1. The molecular formula is C15H18N2O2. The van der Waals surface area contributed by atoms with E-state index in [-0.39, 0.29) is 0 Å². The van der Waals surface area contributed by atoms with Crippen LogP contribution in [0.5, 0.6) is 11.5 Å². The van der Waals surface area contributed by atoms with Gasteiger partial charge in [0.1, 0.15) is 11.5 Å². The van der Waals surface area contributed by atoms with Gasteiger partial charge >= 0.3 is 0 Å². The van der Waals surface area contributed by atoms with Crippen molar-refractivity contribution < 1.29 is 9.47 Å². The number of methoxy groups -OCH3 is 2. The average molecular weight is 258 g/mol. The zero-order chi connectivity index (χ0) is 13.8. The fourth-order valence-corrected chi connectivity index (χ4v) is 1.97. The fraction of sp³-hybridized carbons (Fsp3) is 0.267. The molecule has 0 bridgehead atoms. The van der Waals surface area contributed by atoms with Crippen molar-refractivity contribution in [1.82, 2.24) is 4.98 Å². The molecule has 1 aromatic heterocycles. The van der Waals surface area contributed by atoms with E-state index in [1.807, 2.05) is 37.3 Å². The van der Waals surface area contributed by atoms with E-state index >= 15 is 0 Å². The number of aryl methyl sites for hydroxylation is 1. The first-order valence-corrected chi connectivity index (χ1v) is 6.08. The van der Waals surface area contributed by atoms with Crippen LogP contribution in [0.4, 0.5) is 0 Å². The lowest BCUT2D eigenvalue weighted by atomic mass is 10.1. The number of nitrogens with two attached hydrogens (primary N) is 1. The van der Waals surface area contributed by atoms with E-state index in [4.69, 9.17) is 15.2 Å². The summed E-state index contributed by atoms with van der Waals surface area (Å²) in [6.45, 7) is 2.46. The summed E-state index contributed by atoms with van der Waals surface area (Å²) in [7, 11) is 3.27. The standard InChI is InChI=1S/C15H18N2O2/c1-10-11(9-16)4-7-14(17-10)13-6-5-12(18-2)8-15(13)19-3/h4-8H,9,16H2,1-3H3. The first-order chi connectivity index (χ1) is 9.19. The van der Waals surface area contributed by atoms with Gasteiger partial charge in [-0.05, 0) is 30.7 Å². The maximum atomic E-state index is 5.65. The molecule has 0 aliphatic heterocycles. The van der Waals surface area contributed by atoms with Gasteiger partial charge in [0.25, 0.3) is 0 Å². The molecule has 2 aromatic rings. The number of benzene rings is 1. The van der Waals surface area contributed by atoms with Gasteiger partial charge in [-0.15, -0.1) is 0 Å². The molecule has 0 unspecified atom stereocenters. The highest BCUT2D eigenvalue weighted by Crippen LogP contribution is 2.32. The Morgan fingerprint density at radius 1 is 1.11 bits per heavy atom. The van der Waals surface area contributed by atoms with Gasteiger partial charge in [-0.1, -0.05) is 6.07 Å². The Morgan fingerprint density at radius 2 is 1.89 bits per heavy atom. The van der Waals surface area contributed by atoms with Crippen molar-refractivity contribution in [2.24, 2.45) is 5.73 Å². The van der Waals surface area contributed by atoms with Crippen LogP contribution in [0.2, 0.25) is 0 Å². The highest BCUT2D eigenvalue weighted by molar-refractivity contribution is 5.68. The van der Waals surface area contributed by atoms with E-state index in [1.165, 1.54) is 0 Å². The monoisotopic (exact) mass is 258 g/mol. The molecule has 19 heavy (non-hydrogen) atoms. The van der Waals surface area contributed by atoms with Gasteiger partial charge in [0.2, 0.25) is 0 Å². The van der Waals surface area contributed by atoms with Crippen molar-refractivity contribution in [1.29, 1.82) is 0 Å². The quantitative estimate of drug-likeness (QED) is 0.915. The molecule has 0 aliphatic rings. The van der Waals surface area contributed by atoms with Crippen LogP contribution in [0, 0.1) is 6.92 Å². The highest BCUT2D eigenvalue weighted by Gasteiger charge is 2.10. The minimum Gasteiger partial charge on any atom is -0.497 e. The Morgan fingerprint density at radius 3 is 2.47 bits per heavy atom. The molecule has 1 aromatic carbocycles. The summed E-state index contributed by atoms with van der Waals surface area (Å²) in [5, 5.41) is 0. The van der Waals surface area contributed by atoms with E-state index in [0.29, 0.717) is 6.54 Å². The summed E-state index contributed by atoms with van der Waals surface area (Å²) < 4.78 is 10.6. The zero-order valence-electron chi connectivity index (χ0n) is 11.4. The van der Waals surface area contributed by atoms with Gasteiger partial charge in [0.15, 0.2) is 0 Å². The SMILES string of the molecule is COc1ccc(-c2ccc(CN)c(C)n2)c(OC)c1. The molecule has 0 radical (unpaired) electrons. The van der Waals surface area contributed by atoms with Crippen molar-refractivity contribution in [2.45, 2.75) is 13.5 Å². The Balaban J connectivity index is 2.49. The maximum absolute atomic E-state index is 5.65. The lowest BCUT2D eigenvalue weighted by Crippen LogP contribution is -2.01. The summed E-state index contributed by atoms with van der Waals surface area (Å²) >= 11 is 0. The van der Waals surface area contributed by atoms with Gasteiger partial charge in [0, 0.05) is 23.9 Å². The van der Waals surface area contributed by atoms with E-state index < -0.39 is 0 Å². The highest BCUT2D eigenvalue weighted by atomic mass is 16.5. The molecule has 2 rings (SSSR count). The Hall–Kier alpha value is -2.07. The largest absolute Gasteiger partial charge is 0.497 e. The number of aromatic nitrogens is 1. The molecular weight excluding hydrogens is 240 g/mol. The molecule has 4 heteroatoms. The van der Waals surface area contributed by atoms with Gasteiger partial charge < -0.3 is 15.2 Å². The number of hydrogen-bond donors (Lipinski definition) is 1. The van der Waals surface area contributed by atoms with Crippen LogP contribution < -0.4 is 15.2 Å². The molecule has 100 valence electrons. The zero-order valence-corrected chi connectivity index (χ0v) is 11.4. The number of ether oxygens (including phenoxy) is 2. The summed E-state index contributed by atoms with van der Waals surface area (Å²) in [5.41, 5.74) is 9.46. The van der Waals surface area contributed by atoms with Gasteiger partial charge in [-0.2, -0.15) is 0 Å². The van der Waals surface area contributed by atoms with Crippen molar-refractivity contribution in [3.63, 3.8) is 0 Å². The van der Waals surface area contributed by atoms with Crippen LogP contribution >= 0.6 is 0 Å². The first-order valence-electron chi connectivity index (χ1n) is 6.08. The third kappa shape index (κ3) is 2.69.